The third-order valence-electron chi connectivity index (χ3n) is 3.03. The van der Waals surface area contributed by atoms with Gasteiger partial charge in [-0.05, 0) is 20.3 Å². The van der Waals surface area contributed by atoms with Gasteiger partial charge in [0.2, 0.25) is 0 Å². The summed E-state index contributed by atoms with van der Waals surface area (Å²) in [5.74, 6) is 2.84. The van der Waals surface area contributed by atoms with Crippen molar-refractivity contribution in [3.05, 3.63) is 11.4 Å². The summed E-state index contributed by atoms with van der Waals surface area (Å²) in [6, 6.07) is 0. The number of aryl methyl sites for hydroxylation is 1. The van der Waals surface area contributed by atoms with Gasteiger partial charge in [-0.15, -0.1) is 0 Å². The molecule has 19 heavy (non-hydrogen) atoms. The van der Waals surface area contributed by atoms with Gasteiger partial charge in [0.15, 0.2) is 0 Å². The van der Waals surface area contributed by atoms with Gasteiger partial charge in [0.25, 0.3) is 0 Å². The van der Waals surface area contributed by atoms with Gasteiger partial charge in [-0.2, -0.15) is 0 Å². The third kappa shape index (κ3) is 4.35. The first-order valence-electron chi connectivity index (χ1n) is 6.95. The van der Waals surface area contributed by atoms with Crippen LogP contribution in [0.4, 0.5) is 11.6 Å². The van der Waals surface area contributed by atoms with E-state index in [2.05, 4.69) is 48.0 Å². The standard InChI is InChI=1S/C14H26N4O/c1-6-12-16-13(15-7-2)11(3)14(17-12)18(4)9-8-10-19-5/h6-10H2,1-5H3,(H,15,16,17). The average molecular weight is 266 g/mol. The minimum atomic E-state index is 0.773. The molecule has 1 N–H and O–H groups in total. The predicted octanol–water partition coefficient (Wildman–Crippen LogP) is 2.25. The van der Waals surface area contributed by atoms with Crippen LogP contribution in [-0.2, 0) is 11.2 Å². The Kier molecular flexibility index (Phi) is 6.56. The molecule has 0 aliphatic carbocycles. The molecule has 1 aromatic rings. The Balaban J connectivity index is 2.93. The highest BCUT2D eigenvalue weighted by Gasteiger charge is 2.13. The summed E-state index contributed by atoms with van der Waals surface area (Å²) in [5, 5.41) is 3.31. The lowest BCUT2D eigenvalue weighted by atomic mass is 10.2. The van der Waals surface area contributed by atoms with E-state index in [4.69, 9.17) is 4.74 Å². The van der Waals surface area contributed by atoms with Crippen LogP contribution in [-0.4, -0.2) is 43.8 Å². The molecule has 0 aromatic carbocycles. The van der Waals surface area contributed by atoms with E-state index in [0.717, 1.165) is 55.6 Å². The molecule has 0 atom stereocenters. The van der Waals surface area contributed by atoms with Crippen LogP contribution in [0.15, 0.2) is 0 Å². The van der Waals surface area contributed by atoms with Crippen LogP contribution >= 0.6 is 0 Å². The normalized spacial score (nSPS) is 10.6. The molecule has 5 heteroatoms. The molecule has 0 bridgehead atoms. The van der Waals surface area contributed by atoms with E-state index in [9.17, 15) is 0 Å². The zero-order chi connectivity index (χ0) is 14.3. The molecule has 1 rings (SSSR count). The highest BCUT2D eigenvalue weighted by atomic mass is 16.5. The molecule has 1 aromatic heterocycles. The van der Waals surface area contributed by atoms with Crippen molar-refractivity contribution in [2.24, 2.45) is 0 Å². The fourth-order valence-electron chi connectivity index (χ4n) is 1.97. The first kappa shape index (κ1) is 15.7. The van der Waals surface area contributed by atoms with Crippen LogP contribution in [0.2, 0.25) is 0 Å². The summed E-state index contributed by atoms with van der Waals surface area (Å²) in [5.41, 5.74) is 1.11. The number of hydrogen-bond donors (Lipinski definition) is 1. The Hall–Kier alpha value is -1.36. The van der Waals surface area contributed by atoms with Crippen molar-refractivity contribution >= 4 is 11.6 Å². The van der Waals surface area contributed by atoms with E-state index in [1.54, 1.807) is 7.11 Å². The Labute approximate surface area is 116 Å². The molecule has 1 heterocycles. The predicted molar refractivity (Wildman–Crippen MR) is 80.1 cm³/mol. The summed E-state index contributed by atoms with van der Waals surface area (Å²) < 4.78 is 5.09. The van der Waals surface area contributed by atoms with E-state index in [-0.39, 0.29) is 0 Å². The molecule has 0 radical (unpaired) electrons. The van der Waals surface area contributed by atoms with Crippen molar-refractivity contribution in [2.75, 3.05) is 44.1 Å². The van der Waals surface area contributed by atoms with Gasteiger partial charge in [0, 0.05) is 45.8 Å². The number of hydrogen-bond acceptors (Lipinski definition) is 5. The van der Waals surface area contributed by atoms with Crippen molar-refractivity contribution in [3.63, 3.8) is 0 Å². The van der Waals surface area contributed by atoms with Crippen LogP contribution in [0.5, 0.6) is 0 Å². The van der Waals surface area contributed by atoms with Crippen LogP contribution in [0.25, 0.3) is 0 Å². The Morgan fingerprint density at radius 3 is 2.58 bits per heavy atom. The number of ether oxygens (including phenoxy) is 1. The van der Waals surface area contributed by atoms with E-state index >= 15 is 0 Å². The van der Waals surface area contributed by atoms with Gasteiger partial charge >= 0.3 is 0 Å². The SMILES string of the molecule is CCNc1nc(CC)nc(N(C)CCCOC)c1C. The van der Waals surface area contributed by atoms with Gasteiger partial charge in [-0.1, -0.05) is 6.92 Å². The second-order valence-electron chi connectivity index (χ2n) is 4.59. The van der Waals surface area contributed by atoms with Crippen molar-refractivity contribution in [1.29, 1.82) is 0 Å². The zero-order valence-electron chi connectivity index (χ0n) is 12.8. The number of nitrogens with zero attached hydrogens (tertiary/aromatic N) is 3. The van der Waals surface area contributed by atoms with Gasteiger partial charge in [-0.25, -0.2) is 9.97 Å². The molecule has 0 aliphatic rings. The Bertz CT molecular complexity index is 395. The fourth-order valence-corrected chi connectivity index (χ4v) is 1.97. The molecular weight excluding hydrogens is 240 g/mol. The topological polar surface area (TPSA) is 50.3 Å². The molecule has 0 aliphatic heterocycles. The number of nitrogens with one attached hydrogen (secondary N) is 1. The van der Waals surface area contributed by atoms with E-state index in [1.807, 2.05) is 0 Å². The summed E-state index contributed by atoms with van der Waals surface area (Å²) >= 11 is 0. The summed E-state index contributed by atoms with van der Waals surface area (Å²) in [4.78, 5) is 11.4. The second-order valence-corrected chi connectivity index (χ2v) is 4.59. The average Bonchev–Trinajstić information content (AvgIpc) is 2.41. The number of methoxy groups -OCH3 is 1. The lowest BCUT2D eigenvalue weighted by Crippen LogP contribution is -2.23. The van der Waals surface area contributed by atoms with Crippen molar-refractivity contribution in [2.45, 2.75) is 33.6 Å². The third-order valence-corrected chi connectivity index (χ3v) is 3.03. The molecule has 0 unspecified atom stereocenters. The quantitative estimate of drug-likeness (QED) is 0.731. The monoisotopic (exact) mass is 266 g/mol. The first-order valence-corrected chi connectivity index (χ1v) is 6.95. The van der Waals surface area contributed by atoms with Crippen LogP contribution in [0, 0.1) is 6.92 Å². The maximum absolute atomic E-state index is 5.09. The molecule has 0 fully saturated rings. The minimum Gasteiger partial charge on any atom is -0.385 e. The lowest BCUT2D eigenvalue weighted by molar-refractivity contribution is 0.196. The number of anilines is 2. The first-order chi connectivity index (χ1) is 9.13. The molecule has 0 spiro atoms. The van der Waals surface area contributed by atoms with Crippen LogP contribution in [0.1, 0.15) is 31.7 Å². The summed E-state index contributed by atoms with van der Waals surface area (Å²) in [6.07, 6.45) is 1.84. The molecule has 0 amide bonds. The molecule has 108 valence electrons. The molecular formula is C14H26N4O. The van der Waals surface area contributed by atoms with E-state index < -0.39 is 0 Å². The van der Waals surface area contributed by atoms with Crippen LogP contribution in [0.3, 0.4) is 0 Å². The largest absolute Gasteiger partial charge is 0.385 e. The van der Waals surface area contributed by atoms with Gasteiger partial charge < -0.3 is 15.0 Å². The fraction of sp³-hybridized carbons (Fsp3) is 0.714. The van der Waals surface area contributed by atoms with Gasteiger partial charge in [0.05, 0.1) is 0 Å². The van der Waals surface area contributed by atoms with Crippen molar-refractivity contribution in [1.82, 2.24) is 9.97 Å². The lowest BCUT2D eigenvalue weighted by Gasteiger charge is -2.22. The van der Waals surface area contributed by atoms with E-state index in [1.165, 1.54) is 0 Å². The minimum absolute atomic E-state index is 0.773. The Morgan fingerprint density at radius 1 is 1.26 bits per heavy atom. The maximum atomic E-state index is 5.09. The summed E-state index contributed by atoms with van der Waals surface area (Å²) in [6.45, 7) is 8.80. The van der Waals surface area contributed by atoms with Crippen molar-refractivity contribution in [3.8, 4) is 0 Å². The zero-order valence-corrected chi connectivity index (χ0v) is 12.8. The summed E-state index contributed by atoms with van der Waals surface area (Å²) in [7, 11) is 3.80. The molecule has 5 nitrogen and oxygen atoms in total. The van der Waals surface area contributed by atoms with Crippen LogP contribution < -0.4 is 10.2 Å². The van der Waals surface area contributed by atoms with Gasteiger partial charge in [-0.3, -0.25) is 0 Å². The number of aromatic nitrogens is 2. The molecule has 0 saturated carbocycles. The molecule has 0 saturated heterocycles. The van der Waals surface area contributed by atoms with Crippen molar-refractivity contribution < 1.29 is 4.74 Å². The number of rotatable bonds is 8. The maximum Gasteiger partial charge on any atom is 0.137 e. The van der Waals surface area contributed by atoms with E-state index in [0.29, 0.717) is 0 Å². The van der Waals surface area contributed by atoms with Gasteiger partial charge in [0.1, 0.15) is 17.5 Å². The Morgan fingerprint density at radius 2 is 2.00 bits per heavy atom. The second kappa shape index (κ2) is 7.94. The highest BCUT2D eigenvalue weighted by Crippen LogP contribution is 2.23. The highest BCUT2D eigenvalue weighted by molar-refractivity contribution is 5.58. The smallest absolute Gasteiger partial charge is 0.137 e.